The van der Waals surface area contributed by atoms with Crippen LogP contribution in [0, 0.1) is 5.92 Å². The number of para-hydroxylation sites is 1. The molecule has 0 heterocycles. The molecule has 1 N–H and O–H groups in total. The van der Waals surface area contributed by atoms with Gasteiger partial charge in [-0.15, -0.1) is 0 Å². The summed E-state index contributed by atoms with van der Waals surface area (Å²) in [5.41, 5.74) is 1.21. The number of halogens is 1. The second kappa shape index (κ2) is 3.70. The largest absolute Gasteiger partial charge is 0.381 e. The second-order valence-electron chi connectivity index (χ2n) is 3.75. The fraction of sp³-hybridized carbons (Fsp3) is 0.455. The normalized spacial score (nSPS) is 18.3. The van der Waals surface area contributed by atoms with Gasteiger partial charge in [0.2, 0.25) is 0 Å². The lowest BCUT2D eigenvalue weighted by molar-refractivity contribution is 0.694. The van der Waals surface area contributed by atoms with Crippen LogP contribution in [0.15, 0.2) is 28.7 Å². The van der Waals surface area contributed by atoms with Crippen molar-refractivity contribution in [3.63, 3.8) is 0 Å². The molecule has 1 aliphatic carbocycles. The van der Waals surface area contributed by atoms with Gasteiger partial charge < -0.3 is 5.32 Å². The van der Waals surface area contributed by atoms with E-state index in [1.165, 1.54) is 18.5 Å². The number of nitrogens with one attached hydrogen (secondary N) is 1. The van der Waals surface area contributed by atoms with E-state index >= 15 is 0 Å². The standard InChI is InChI=1S/C11H14BrN/c1-8(9-6-7-9)13-11-5-3-2-4-10(11)12/h2-5,8-9,13H,6-7H2,1H3/t8-/m0/s1. The first-order valence-electron chi connectivity index (χ1n) is 4.78. The van der Waals surface area contributed by atoms with Gasteiger partial charge in [0.25, 0.3) is 0 Å². The van der Waals surface area contributed by atoms with Crippen molar-refractivity contribution < 1.29 is 0 Å². The molecular weight excluding hydrogens is 226 g/mol. The van der Waals surface area contributed by atoms with Gasteiger partial charge in [0, 0.05) is 16.2 Å². The van der Waals surface area contributed by atoms with E-state index in [4.69, 9.17) is 0 Å². The molecule has 0 aromatic heterocycles. The van der Waals surface area contributed by atoms with Crippen LogP contribution in [0.1, 0.15) is 19.8 Å². The van der Waals surface area contributed by atoms with E-state index in [1.54, 1.807) is 0 Å². The number of hydrogen-bond acceptors (Lipinski definition) is 1. The zero-order chi connectivity index (χ0) is 9.26. The molecule has 0 saturated heterocycles. The van der Waals surface area contributed by atoms with Crippen LogP contribution in [-0.4, -0.2) is 6.04 Å². The summed E-state index contributed by atoms with van der Waals surface area (Å²) in [6, 6.07) is 8.90. The van der Waals surface area contributed by atoms with Crippen molar-refractivity contribution in [1.29, 1.82) is 0 Å². The lowest BCUT2D eigenvalue weighted by Gasteiger charge is -2.15. The summed E-state index contributed by atoms with van der Waals surface area (Å²) < 4.78 is 1.16. The minimum Gasteiger partial charge on any atom is -0.381 e. The molecule has 1 aromatic carbocycles. The van der Waals surface area contributed by atoms with E-state index in [9.17, 15) is 0 Å². The van der Waals surface area contributed by atoms with Crippen LogP contribution in [-0.2, 0) is 0 Å². The van der Waals surface area contributed by atoms with Crippen molar-refractivity contribution in [3.8, 4) is 0 Å². The van der Waals surface area contributed by atoms with Gasteiger partial charge in [-0.05, 0) is 53.7 Å². The van der Waals surface area contributed by atoms with Crippen LogP contribution < -0.4 is 5.32 Å². The van der Waals surface area contributed by atoms with E-state index in [1.807, 2.05) is 6.07 Å². The SMILES string of the molecule is C[C@H](Nc1ccccc1Br)C1CC1. The highest BCUT2D eigenvalue weighted by Crippen LogP contribution is 2.35. The molecule has 0 unspecified atom stereocenters. The minimum atomic E-state index is 0.610. The molecule has 2 rings (SSSR count). The maximum atomic E-state index is 3.53. The van der Waals surface area contributed by atoms with E-state index < -0.39 is 0 Å². The molecule has 0 amide bonds. The van der Waals surface area contributed by atoms with Crippen LogP contribution in [0.25, 0.3) is 0 Å². The van der Waals surface area contributed by atoms with Crippen LogP contribution in [0.4, 0.5) is 5.69 Å². The molecule has 2 heteroatoms. The van der Waals surface area contributed by atoms with Crippen LogP contribution in [0.2, 0.25) is 0 Å². The zero-order valence-electron chi connectivity index (χ0n) is 7.76. The van der Waals surface area contributed by atoms with Gasteiger partial charge in [0.1, 0.15) is 0 Å². The Kier molecular flexibility index (Phi) is 2.58. The second-order valence-corrected chi connectivity index (χ2v) is 4.60. The Bertz CT molecular complexity index is 294. The highest BCUT2D eigenvalue weighted by molar-refractivity contribution is 9.10. The molecule has 0 aliphatic heterocycles. The molecule has 0 bridgehead atoms. The molecule has 0 radical (unpaired) electrons. The van der Waals surface area contributed by atoms with Gasteiger partial charge in [0.05, 0.1) is 0 Å². The van der Waals surface area contributed by atoms with Crippen molar-refractivity contribution in [1.82, 2.24) is 0 Å². The van der Waals surface area contributed by atoms with Gasteiger partial charge in [-0.25, -0.2) is 0 Å². The van der Waals surface area contributed by atoms with Gasteiger partial charge in [-0.3, -0.25) is 0 Å². The molecule has 0 spiro atoms. The summed E-state index contributed by atoms with van der Waals surface area (Å²) in [4.78, 5) is 0. The average Bonchev–Trinajstić information content (AvgIpc) is 2.91. The molecule has 1 aromatic rings. The first-order chi connectivity index (χ1) is 6.27. The third-order valence-corrected chi connectivity index (χ3v) is 3.28. The fourth-order valence-electron chi connectivity index (χ4n) is 1.54. The molecular formula is C11H14BrN. The van der Waals surface area contributed by atoms with E-state index in [2.05, 4.69) is 46.4 Å². The summed E-state index contributed by atoms with van der Waals surface area (Å²) >= 11 is 3.53. The van der Waals surface area contributed by atoms with Crippen molar-refractivity contribution in [2.45, 2.75) is 25.8 Å². The molecule has 1 saturated carbocycles. The maximum Gasteiger partial charge on any atom is 0.0486 e. The quantitative estimate of drug-likeness (QED) is 0.850. The Morgan fingerprint density at radius 2 is 2.08 bits per heavy atom. The van der Waals surface area contributed by atoms with Crippen LogP contribution >= 0.6 is 15.9 Å². The number of hydrogen-bond donors (Lipinski definition) is 1. The van der Waals surface area contributed by atoms with E-state index in [-0.39, 0.29) is 0 Å². The Morgan fingerprint density at radius 1 is 1.38 bits per heavy atom. The predicted molar refractivity (Wildman–Crippen MR) is 60.0 cm³/mol. The van der Waals surface area contributed by atoms with Crippen molar-refractivity contribution >= 4 is 21.6 Å². The van der Waals surface area contributed by atoms with Gasteiger partial charge in [0.15, 0.2) is 0 Å². The molecule has 1 nitrogen and oxygen atoms in total. The Labute approximate surface area is 87.7 Å². The smallest absolute Gasteiger partial charge is 0.0486 e. The van der Waals surface area contributed by atoms with Gasteiger partial charge in [-0.1, -0.05) is 12.1 Å². The maximum absolute atomic E-state index is 3.53. The predicted octanol–water partition coefficient (Wildman–Crippen LogP) is 3.66. The Balaban J connectivity index is 2.03. The lowest BCUT2D eigenvalue weighted by Crippen LogP contribution is -2.17. The van der Waals surface area contributed by atoms with Gasteiger partial charge in [-0.2, -0.15) is 0 Å². The van der Waals surface area contributed by atoms with Crippen LogP contribution in [0.3, 0.4) is 0 Å². The summed E-state index contributed by atoms with van der Waals surface area (Å²) in [5, 5.41) is 3.53. The number of anilines is 1. The third kappa shape index (κ3) is 2.25. The Morgan fingerprint density at radius 3 is 2.69 bits per heavy atom. The summed E-state index contributed by atoms with van der Waals surface area (Å²) in [6.45, 7) is 2.26. The number of rotatable bonds is 3. The monoisotopic (exact) mass is 239 g/mol. The topological polar surface area (TPSA) is 12.0 Å². The molecule has 1 aliphatic rings. The zero-order valence-corrected chi connectivity index (χ0v) is 9.34. The van der Waals surface area contributed by atoms with Crippen molar-refractivity contribution in [2.75, 3.05) is 5.32 Å². The minimum absolute atomic E-state index is 0.610. The highest BCUT2D eigenvalue weighted by Gasteiger charge is 2.27. The van der Waals surface area contributed by atoms with Crippen LogP contribution in [0.5, 0.6) is 0 Å². The van der Waals surface area contributed by atoms with Crippen molar-refractivity contribution in [3.05, 3.63) is 28.7 Å². The Hall–Kier alpha value is -0.500. The third-order valence-electron chi connectivity index (χ3n) is 2.59. The fourth-order valence-corrected chi connectivity index (χ4v) is 1.94. The molecule has 1 atom stereocenters. The lowest BCUT2D eigenvalue weighted by atomic mass is 10.2. The first-order valence-corrected chi connectivity index (χ1v) is 5.58. The molecule has 13 heavy (non-hydrogen) atoms. The molecule has 70 valence electrons. The van der Waals surface area contributed by atoms with E-state index in [0.717, 1.165) is 10.4 Å². The summed E-state index contributed by atoms with van der Waals surface area (Å²) in [6.07, 6.45) is 2.78. The van der Waals surface area contributed by atoms with E-state index in [0.29, 0.717) is 6.04 Å². The first kappa shape index (κ1) is 9.07. The number of benzene rings is 1. The highest BCUT2D eigenvalue weighted by atomic mass is 79.9. The average molecular weight is 240 g/mol. The van der Waals surface area contributed by atoms with Crippen molar-refractivity contribution in [2.24, 2.45) is 5.92 Å². The molecule has 1 fully saturated rings. The summed E-state index contributed by atoms with van der Waals surface area (Å²) in [7, 11) is 0. The summed E-state index contributed by atoms with van der Waals surface area (Å²) in [5.74, 6) is 0.895. The van der Waals surface area contributed by atoms with Gasteiger partial charge >= 0.3 is 0 Å².